The average molecular weight is 418 g/mol. The van der Waals surface area contributed by atoms with E-state index in [1.165, 1.54) is 11.1 Å². The van der Waals surface area contributed by atoms with Gasteiger partial charge in [-0.05, 0) is 35.7 Å². The average Bonchev–Trinajstić information content (AvgIpc) is 3.36. The van der Waals surface area contributed by atoms with Crippen LogP contribution in [0.4, 0.5) is 5.69 Å². The number of aryl methyl sites for hydroxylation is 1. The summed E-state index contributed by atoms with van der Waals surface area (Å²) in [6.07, 6.45) is 1.67. The van der Waals surface area contributed by atoms with Crippen molar-refractivity contribution in [2.24, 2.45) is 9.98 Å². The Bertz CT molecular complexity index is 869. The highest BCUT2D eigenvalue weighted by molar-refractivity contribution is 6.38. The predicted octanol–water partition coefficient (Wildman–Crippen LogP) is 3.66. The largest absolute Gasteiger partial charge is 0.396 e. The Morgan fingerprint density at radius 2 is 1.50 bits per heavy atom. The SMILES string of the molecule is Cc1ccccc1CC1=NCCN1.Nc1c(Cl)cc(CC2=NCCN2)cc1Cl. The Morgan fingerprint density at radius 1 is 0.929 bits per heavy atom. The van der Waals surface area contributed by atoms with E-state index in [0.29, 0.717) is 15.7 Å². The lowest BCUT2D eigenvalue weighted by Gasteiger charge is -2.06. The van der Waals surface area contributed by atoms with Gasteiger partial charge in [-0.1, -0.05) is 47.5 Å². The molecule has 2 heterocycles. The summed E-state index contributed by atoms with van der Waals surface area (Å²) in [7, 11) is 0. The number of nitrogens with two attached hydrogens (primary N) is 1. The first-order valence-corrected chi connectivity index (χ1v) is 10.1. The molecular weight excluding hydrogens is 393 g/mol. The van der Waals surface area contributed by atoms with Crippen molar-refractivity contribution in [2.45, 2.75) is 19.8 Å². The fourth-order valence-electron chi connectivity index (χ4n) is 3.05. The van der Waals surface area contributed by atoms with Gasteiger partial charge >= 0.3 is 0 Å². The molecule has 2 aliphatic heterocycles. The second-order valence-corrected chi connectivity index (χ2v) is 7.58. The molecule has 4 N–H and O–H groups in total. The number of hydrogen-bond donors (Lipinski definition) is 3. The highest BCUT2D eigenvalue weighted by Crippen LogP contribution is 2.29. The van der Waals surface area contributed by atoms with Gasteiger partial charge in [0.2, 0.25) is 0 Å². The summed E-state index contributed by atoms with van der Waals surface area (Å²) in [6, 6.07) is 12.1. The van der Waals surface area contributed by atoms with Crippen LogP contribution in [0, 0.1) is 6.92 Å². The second-order valence-electron chi connectivity index (χ2n) is 6.76. The van der Waals surface area contributed by atoms with E-state index >= 15 is 0 Å². The van der Waals surface area contributed by atoms with Crippen molar-refractivity contribution in [3.8, 4) is 0 Å². The lowest BCUT2D eigenvalue weighted by Crippen LogP contribution is -2.20. The summed E-state index contributed by atoms with van der Waals surface area (Å²) in [4.78, 5) is 8.68. The zero-order valence-corrected chi connectivity index (χ0v) is 17.4. The molecule has 148 valence electrons. The highest BCUT2D eigenvalue weighted by atomic mass is 35.5. The maximum absolute atomic E-state index is 5.93. The molecular formula is C21H25Cl2N5. The van der Waals surface area contributed by atoms with E-state index in [1.54, 1.807) is 0 Å². The van der Waals surface area contributed by atoms with E-state index in [2.05, 4.69) is 51.8 Å². The number of aliphatic imine (C=N–C) groups is 2. The molecule has 0 atom stereocenters. The summed E-state index contributed by atoms with van der Waals surface area (Å²) < 4.78 is 0. The first kappa shape index (κ1) is 20.5. The molecule has 7 heteroatoms. The minimum absolute atomic E-state index is 0.434. The van der Waals surface area contributed by atoms with Crippen LogP contribution in [-0.2, 0) is 12.8 Å². The van der Waals surface area contributed by atoms with Crippen LogP contribution in [-0.4, -0.2) is 37.9 Å². The first-order chi connectivity index (χ1) is 13.5. The third kappa shape index (κ3) is 5.63. The van der Waals surface area contributed by atoms with Gasteiger partial charge in [0.25, 0.3) is 0 Å². The van der Waals surface area contributed by atoms with E-state index in [-0.39, 0.29) is 0 Å². The van der Waals surface area contributed by atoms with E-state index in [1.807, 2.05) is 12.1 Å². The van der Waals surface area contributed by atoms with Gasteiger partial charge in [-0.2, -0.15) is 0 Å². The Hall–Kier alpha value is -2.24. The van der Waals surface area contributed by atoms with Crippen LogP contribution >= 0.6 is 23.2 Å². The van der Waals surface area contributed by atoms with Gasteiger partial charge in [0.1, 0.15) is 11.7 Å². The van der Waals surface area contributed by atoms with Gasteiger partial charge in [0.05, 0.1) is 28.8 Å². The zero-order valence-electron chi connectivity index (χ0n) is 15.9. The van der Waals surface area contributed by atoms with Crippen molar-refractivity contribution in [1.29, 1.82) is 0 Å². The number of halogens is 2. The minimum atomic E-state index is 0.434. The molecule has 2 aromatic carbocycles. The van der Waals surface area contributed by atoms with E-state index in [0.717, 1.165) is 56.3 Å². The van der Waals surface area contributed by atoms with Gasteiger partial charge < -0.3 is 16.4 Å². The number of rotatable bonds is 4. The van der Waals surface area contributed by atoms with Crippen LogP contribution in [0.2, 0.25) is 10.0 Å². The van der Waals surface area contributed by atoms with Gasteiger partial charge in [0.15, 0.2) is 0 Å². The maximum atomic E-state index is 5.93. The maximum Gasteiger partial charge on any atom is 0.101 e. The molecule has 0 fully saturated rings. The van der Waals surface area contributed by atoms with Crippen molar-refractivity contribution < 1.29 is 0 Å². The van der Waals surface area contributed by atoms with Crippen LogP contribution in [0.25, 0.3) is 0 Å². The minimum Gasteiger partial charge on any atom is -0.396 e. The van der Waals surface area contributed by atoms with Crippen LogP contribution < -0.4 is 16.4 Å². The molecule has 28 heavy (non-hydrogen) atoms. The fourth-order valence-corrected chi connectivity index (χ4v) is 3.58. The number of anilines is 1. The van der Waals surface area contributed by atoms with Crippen LogP contribution in [0.5, 0.6) is 0 Å². The van der Waals surface area contributed by atoms with Crippen LogP contribution in [0.3, 0.4) is 0 Å². The Labute approximate surface area is 176 Å². The topological polar surface area (TPSA) is 74.8 Å². The number of nitrogen functional groups attached to an aromatic ring is 1. The number of hydrogen-bond acceptors (Lipinski definition) is 5. The number of benzene rings is 2. The van der Waals surface area contributed by atoms with Gasteiger partial charge in [-0.3, -0.25) is 9.98 Å². The first-order valence-electron chi connectivity index (χ1n) is 9.35. The number of nitrogens with zero attached hydrogens (tertiary/aromatic N) is 2. The lowest BCUT2D eigenvalue weighted by atomic mass is 10.1. The van der Waals surface area contributed by atoms with Gasteiger partial charge in [-0.25, -0.2) is 0 Å². The Morgan fingerprint density at radius 3 is 2.04 bits per heavy atom. The van der Waals surface area contributed by atoms with E-state index < -0.39 is 0 Å². The molecule has 4 rings (SSSR count). The quantitative estimate of drug-likeness (QED) is 0.664. The molecule has 0 bridgehead atoms. The van der Waals surface area contributed by atoms with Crippen molar-refractivity contribution in [3.63, 3.8) is 0 Å². The molecule has 0 saturated carbocycles. The molecule has 0 amide bonds. The van der Waals surface area contributed by atoms with Crippen molar-refractivity contribution in [3.05, 3.63) is 63.1 Å². The van der Waals surface area contributed by atoms with Crippen LogP contribution in [0.15, 0.2) is 46.4 Å². The Kier molecular flexibility index (Phi) is 7.18. The molecule has 0 aromatic heterocycles. The molecule has 0 radical (unpaired) electrons. The van der Waals surface area contributed by atoms with Crippen molar-refractivity contribution in [1.82, 2.24) is 10.6 Å². The Balaban J connectivity index is 0.000000162. The third-order valence-corrected chi connectivity index (χ3v) is 5.24. The molecule has 0 aliphatic carbocycles. The van der Waals surface area contributed by atoms with E-state index in [9.17, 15) is 0 Å². The molecule has 2 aromatic rings. The normalized spacial score (nSPS) is 15.1. The molecule has 2 aliphatic rings. The highest BCUT2D eigenvalue weighted by Gasteiger charge is 2.09. The summed E-state index contributed by atoms with van der Waals surface area (Å²) in [5, 5.41) is 7.47. The summed E-state index contributed by atoms with van der Waals surface area (Å²) in [5.74, 6) is 2.11. The second kappa shape index (κ2) is 9.80. The predicted molar refractivity (Wildman–Crippen MR) is 120 cm³/mol. The summed E-state index contributed by atoms with van der Waals surface area (Å²) >= 11 is 11.9. The number of nitrogens with one attached hydrogen (secondary N) is 2. The van der Waals surface area contributed by atoms with Gasteiger partial charge in [-0.15, -0.1) is 0 Å². The monoisotopic (exact) mass is 417 g/mol. The third-order valence-electron chi connectivity index (χ3n) is 4.62. The molecule has 0 spiro atoms. The summed E-state index contributed by atoms with van der Waals surface area (Å²) in [5.41, 5.74) is 9.82. The standard InChI is InChI=1S/C11H14N2.C10H11Cl2N3/c1-9-4-2-3-5-10(9)8-11-12-6-7-13-11;11-7-3-6(4-8(12)10(7)13)5-9-14-1-2-15-9/h2-5H,6-8H2,1H3,(H,12,13);3-4H,1-2,5,13H2,(H,14,15). The van der Waals surface area contributed by atoms with Crippen molar-refractivity contribution >= 4 is 40.6 Å². The molecule has 0 saturated heterocycles. The van der Waals surface area contributed by atoms with E-state index in [4.69, 9.17) is 28.9 Å². The van der Waals surface area contributed by atoms with Gasteiger partial charge in [0, 0.05) is 25.9 Å². The number of amidine groups is 2. The smallest absolute Gasteiger partial charge is 0.101 e. The lowest BCUT2D eigenvalue weighted by molar-refractivity contribution is 0.953. The summed E-state index contributed by atoms with van der Waals surface area (Å²) in [6.45, 7) is 5.82. The molecule has 0 unspecified atom stereocenters. The zero-order chi connectivity index (χ0) is 19.9. The van der Waals surface area contributed by atoms with Crippen molar-refractivity contribution in [2.75, 3.05) is 31.9 Å². The molecule has 5 nitrogen and oxygen atoms in total. The van der Waals surface area contributed by atoms with Crippen LogP contribution in [0.1, 0.15) is 16.7 Å². The fraction of sp³-hybridized carbons (Fsp3) is 0.333.